The maximum absolute atomic E-state index is 5.81. The van der Waals surface area contributed by atoms with Gasteiger partial charge in [0.05, 0.1) is 13.2 Å². The molecule has 2 heterocycles. The summed E-state index contributed by atoms with van der Waals surface area (Å²) in [5.74, 6) is 2.58. The number of hydrogen-bond acceptors (Lipinski definition) is 4. The number of morpholine rings is 1. The molecule has 0 N–H and O–H groups in total. The molecule has 1 aromatic carbocycles. The van der Waals surface area contributed by atoms with Crippen LogP contribution in [0, 0.1) is 0 Å². The molecule has 98 valence electrons. The lowest BCUT2D eigenvalue weighted by molar-refractivity contribution is 0.122. The SMILES string of the molecule is c1ccc(Oc2ccnc(N3CCOCC3)c2)cc1. The van der Waals surface area contributed by atoms with Gasteiger partial charge in [-0.3, -0.25) is 0 Å². The van der Waals surface area contributed by atoms with E-state index in [1.807, 2.05) is 42.5 Å². The number of para-hydroxylation sites is 1. The fraction of sp³-hybridized carbons (Fsp3) is 0.267. The second kappa shape index (κ2) is 5.71. The van der Waals surface area contributed by atoms with Gasteiger partial charge in [-0.25, -0.2) is 4.98 Å². The van der Waals surface area contributed by atoms with Gasteiger partial charge in [-0.2, -0.15) is 0 Å². The van der Waals surface area contributed by atoms with Gasteiger partial charge in [0.15, 0.2) is 0 Å². The van der Waals surface area contributed by atoms with Crippen molar-refractivity contribution in [2.75, 3.05) is 31.2 Å². The summed E-state index contributed by atoms with van der Waals surface area (Å²) in [5.41, 5.74) is 0. The topological polar surface area (TPSA) is 34.6 Å². The van der Waals surface area contributed by atoms with E-state index in [2.05, 4.69) is 9.88 Å². The lowest BCUT2D eigenvalue weighted by atomic mass is 10.3. The van der Waals surface area contributed by atoms with E-state index in [9.17, 15) is 0 Å². The first kappa shape index (κ1) is 12.0. The Kier molecular flexibility index (Phi) is 3.61. The van der Waals surface area contributed by atoms with Crippen LogP contribution in [0.1, 0.15) is 0 Å². The predicted molar refractivity (Wildman–Crippen MR) is 73.8 cm³/mol. The van der Waals surface area contributed by atoms with Gasteiger partial charge in [0.2, 0.25) is 0 Å². The number of nitrogens with zero attached hydrogens (tertiary/aromatic N) is 2. The Hall–Kier alpha value is -2.07. The molecule has 2 aromatic rings. The van der Waals surface area contributed by atoms with Crippen LogP contribution in [0.15, 0.2) is 48.7 Å². The molecular formula is C15H16N2O2. The Morgan fingerprint density at radius 2 is 1.79 bits per heavy atom. The Bertz CT molecular complexity index is 525. The van der Waals surface area contributed by atoms with E-state index in [1.165, 1.54) is 0 Å². The van der Waals surface area contributed by atoms with Gasteiger partial charge in [-0.05, 0) is 18.2 Å². The fourth-order valence-electron chi connectivity index (χ4n) is 2.05. The van der Waals surface area contributed by atoms with Crippen LogP contribution in [0.2, 0.25) is 0 Å². The Morgan fingerprint density at radius 3 is 2.58 bits per heavy atom. The third-order valence-corrected chi connectivity index (χ3v) is 3.03. The molecule has 1 fully saturated rings. The molecule has 19 heavy (non-hydrogen) atoms. The van der Waals surface area contributed by atoms with Crippen molar-refractivity contribution in [3.63, 3.8) is 0 Å². The third-order valence-electron chi connectivity index (χ3n) is 3.03. The molecule has 0 amide bonds. The lowest BCUT2D eigenvalue weighted by Crippen LogP contribution is -2.36. The van der Waals surface area contributed by atoms with Crippen molar-refractivity contribution in [3.05, 3.63) is 48.7 Å². The largest absolute Gasteiger partial charge is 0.457 e. The minimum atomic E-state index is 0.755. The summed E-state index contributed by atoms with van der Waals surface area (Å²) in [6.45, 7) is 3.26. The fourth-order valence-corrected chi connectivity index (χ4v) is 2.05. The van der Waals surface area contributed by atoms with Gasteiger partial charge in [0, 0.05) is 25.4 Å². The van der Waals surface area contributed by atoms with Crippen molar-refractivity contribution in [3.8, 4) is 11.5 Å². The van der Waals surface area contributed by atoms with E-state index >= 15 is 0 Å². The summed E-state index contributed by atoms with van der Waals surface area (Å²) in [4.78, 5) is 6.60. The molecule has 1 aliphatic rings. The zero-order valence-electron chi connectivity index (χ0n) is 10.7. The van der Waals surface area contributed by atoms with Crippen molar-refractivity contribution < 1.29 is 9.47 Å². The summed E-state index contributed by atoms with van der Waals surface area (Å²) in [6.07, 6.45) is 1.78. The van der Waals surface area contributed by atoms with E-state index in [0.717, 1.165) is 43.6 Å². The van der Waals surface area contributed by atoms with Gasteiger partial charge in [-0.1, -0.05) is 18.2 Å². The first-order chi connectivity index (χ1) is 9.42. The standard InChI is InChI=1S/C15H16N2O2/c1-2-4-13(5-3-1)19-14-6-7-16-15(12-14)17-8-10-18-11-9-17/h1-7,12H,8-11H2. The van der Waals surface area contributed by atoms with Gasteiger partial charge in [0.1, 0.15) is 17.3 Å². The molecule has 0 unspecified atom stereocenters. The van der Waals surface area contributed by atoms with Crippen LogP contribution < -0.4 is 9.64 Å². The van der Waals surface area contributed by atoms with Crippen LogP contribution in [0.3, 0.4) is 0 Å². The highest BCUT2D eigenvalue weighted by Gasteiger charge is 2.12. The van der Waals surface area contributed by atoms with E-state index in [1.54, 1.807) is 6.20 Å². The summed E-state index contributed by atoms with van der Waals surface area (Å²) in [6, 6.07) is 13.6. The van der Waals surface area contributed by atoms with E-state index < -0.39 is 0 Å². The molecule has 3 rings (SSSR count). The highest BCUT2D eigenvalue weighted by atomic mass is 16.5. The van der Waals surface area contributed by atoms with Crippen LogP contribution in [0.25, 0.3) is 0 Å². The highest BCUT2D eigenvalue weighted by molar-refractivity contribution is 5.45. The van der Waals surface area contributed by atoms with Crippen LogP contribution in [-0.4, -0.2) is 31.3 Å². The minimum Gasteiger partial charge on any atom is -0.457 e. The number of anilines is 1. The van der Waals surface area contributed by atoms with Crippen molar-refractivity contribution >= 4 is 5.82 Å². The quantitative estimate of drug-likeness (QED) is 0.845. The third kappa shape index (κ3) is 3.03. The molecule has 0 radical (unpaired) electrons. The number of benzene rings is 1. The van der Waals surface area contributed by atoms with Crippen molar-refractivity contribution in [1.29, 1.82) is 0 Å². The lowest BCUT2D eigenvalue weighted by Gasteiger charge is -2.27. The average molecular weight is 256 g/mol. The number of rotatable bonds is 3. The van der Waals surface area contributed by atoms with Gasteiger partial charge in [-0.15, -0.1) is 0 Å². The number of pyridine rings is 1. The predicted octanol–water partition coefficient (Wildman–Crippen LogP) is 2.71. The summed E-state index contributed by atoms with van der Waals surface area (Å²) in [5, 5.41) is 0. The van der Waals surface area contributed by atoms with Crippen molar-refractivity contribution in [2.45, 2.75) is 0 Å². The Morgan fingerprint density at radius 1 is 1.00 bits per heavy atom. The van der Waals surface area contributed by atoms with Gasteiger partial charge >= 0.3 is 0 Å². The molecule has 0 bridgehead atoms. The first-order valence-corrected chi connectivity index (χ1v) is 6.43. The van der Waals surface area contributed by atoms with E-state index in [4.69, 9.17) is 9.47 Å². The van der Waals surface area contributed by atoms with E-state index in [0.29, 0.717) is 0 Å². The van der Waals surface area contributed by atoms with Crippen molar-refractivity contribution in [1.82, 2.24) is 4.98 Å². The highest BCUT2D eigenvalue weighted by Crippen LogP contribution is 2.24. The Labute approximate surface area is 112 Å². The average Bonchev–Trinajstić information content (AvgIpc) is 2.49. The smallest absolute Gasteiger partial charge is 0.132 e. The van der Waals surface area contributed by atoms with E-state index in [-0.39, 0.29) is 0 Å². The number of ether oxygens (including phenoxy) is 2. The first-order valence-electron chi connectivity index (χ1n) is 6.43. The molecule has 4 heteroatoms. The summed E-state index contributed by atoms with van der Waals surface area (Å²) >= 11 is 0. The van der Waals surface area contributed by atoms with Crippen LogP contribution in [-0.2, 0) is 4.74 Å². The molecule has 1 aromatic heterocycles. The summed E-state index contributed by atoms with van der Waals surface area (Å²) < 4.78 is 11.2. The number of hydrogen-bond donors (Lipinski definition) is 0. The normalized spacial score (nSPS) is 15.3. The second-order valence-corrected chi connectivity index (χ2v) is 4.36. The zero-order valence-corrected chi connectivity index (χ0v) is 10.7. The molecule has 1 saturated heterocycles. The van der Waals surface area contributed by atoms with Crippen LogP contribution in [0.5, 0.6) is 11.5 Å². The summed E-state index contributed by atoms with van der Waals surface area (Å²) in [7, 11) is 0. The molecule has 0 aliphatic carbocycles. The van der Waals surface area contributed by atoms with Crippen LogP contribution >= 0.6 is 0 Å². The van der Waals surface area contributed by atoms with Crippen molar-refractivity contribution in [2.24, 2.45) is 0 Å². The monoisotopic (exact) mass is 256 g/mol. The van der Waals surface area contributed by atoms with Crippen LogP contribution in [0.4, 0.5) is 5.82 Å². The Balaban J connectivity index is 1.76. The number of aromatic nitrogens is 1. The molecule has 0 atom stereocenters. The van der Waals surface area contributed by atoms with Gasteiger partial charge < -0.3 is 14.4 Å². The second-order valence-electron chi connectivity index (χ2n) is 4.36. The molecular weight excluding hydrogens is 240 g/mol. The zero-order chi connectivity index (χ0) is 12.9. The molecule has 0 saturated carbocycles. The molecule has 0 spiro atoms. The molecule has 1 aliphatic heterocycles. The molecule has 4 nitrogen and oxygen atoms in total. The maximum atomic E-state index is 5.81. The maximum Gasteiger partial charge on any atom is 0.132 e. The minimum absolute atomic E-state index is 0.755. The van der Waals surface area contributed by atoms with Gasteiger partial charge in [0.25, 0.3) is 0 Å².